The summed E-state index contributed by atoms with van der Waals surface area (Å²) < 4.78 is 43.4. The summed E-state index contributed by atoms with van der Waals surface area (Å²) in [5.41, 5.74) is -0.0563. The molecular formula is C17H17FN2O5S. The Morgan fingerprint density at radius 3 is 2.46 bits per heavy atom. The number of hydrogen-bond donors (Lipinski definition) is 1. The van der Waals surface area contributed by atoms with Gasteiger partial charge in [-0.2, -0.15) is 0 Å². The average molecular weight is 380 g/mol. The topological polar surface area (TPSA) is 92.8 Å². The summed E-state index contributed by atoms with van der Waals surface area (Å²) in [5, 5.41) is 2.42. The normalized spacial score (nSPS) is 11.2. The Bertz CT molecular complexity index is 928. The van der Waals surface area contributed by atoms with Crippen molar-refractivity contribution in [1.29, 1.82) is 0 Å². The van der Waals surface area contributed by atoms with E-state index in [0.29, 0.717) is 0 Å². The van der Waals surface area contributed by atoms with Crippen molar-refractivity contribution in [1.82, 2.24) is 4.31 Å². The highest BCUT2D eigenvalue weighted by atomic mass is 32.2. The van der Waals surface area contributed by atoms with Gasteiger partial charge in [-0.3, -0.25) is 4.79 Å². The van der Waals surface area contributed by atoms with Gasteiger partial charge in [0.25, 0.3) is 5.91 Å². The minimum absolute atomic E-state index is 0.00338. The number of anilines is 1. The lowest BCUT2D eigenvalue weighted by atomic mass is 10.2. The van der Waals surface area contributed by atoms with Crippen molar-refractivity contribution in [2.24, 2.45) is 0 Å². The van der Waals surface area contributed by atoms with Crippen LogP contribution in [0.3, 0.4) is 0 Å². The average Bonchev–Trinajstić information content (AvgIpc) is 2.60. The zero-order valence-corrected chi connectivity index (χ0v) is 14.9. The van der Waals surface area contributed by atoms with E-state index < -0.39 is 34.3 Å². The van der Waals surface area contributed by atoms with Crippen LogP contribution in [0.4, 0.5) is 10.1 Å². The van der Waals surface area contributed by atoms with E-state index in [2.05, 4.69) is 5.32 Å². The molecule has 138 valence electrons. The fourth-order valence-electron chi connectivity index (χ4n) is 1.98. The highest BCUT2D eigenvalue weighted by Crippen LogP contribution is 2.18. The number of sulfonamides is 1. The van der Waals surface area contributed by atoms with Crippen LogP contribution in [0.15, 0.2) is 53.4 Å². The molecule has 2 aromatic rings. The van der Waals surface area contributed by atoms with E-state index >= 15 is 0 Å². The molecule has 0 heterocycles. The van der Waals surface area contributed by atoms with E-state index in [0.717, 1.165) is 10.4 Å². The van der Waals surface area contributed by atoms with E-state index in [-0.39, 0.29) is 16.1 Å². The van der Waals surface area contributed by atoms with Crippen LogP contribution < -0.4 is 5.32 Å². The summed E-state index contributed by atoms with van der Waals surface area (Å²) in [6.07, 6.45) is 0. The maximum absolute atomic E-state index is 13.5. The molecule has 0 spiro atoms. The number of hydrogen-bond acceptors (Lipinski definition) is 5. The van der Waals surface area contributed by atoms with Gasteiger partial charge < -0.3 is 10.1 Å². The van der Waals surface area contributed by atoms with Crippen molar-refractivity contribution in [2.45, 2.75) is 4.90 Å². The highest BCUT2D eigenvalue weighted by Gasteiger charge is 2.18. The first kappa shape index (κ1) is 19.5. The van der Waals surface area contributed by atoms with Crippen LogP contribution in [0, 0.1) is 5.82 Å². The molecule has 9 heteroatoms. The monoisotopic (exact) mass is 380 g/mol. The van der Waals surface area contributed by atoms with Gasteiger partial charge in [0, 0.05) is 19.8 Å². The third kappa shape index (κ3) is 4.64. The van der Waals surface area contributed by atoms with Crippen LogP contribution in [0.1, 0.15) is 10.4 Å². The fraction of sp³-hybridized carbons (Fsp3) is 0.176. The van der Waals surface area contributed by atoms with Gasteiger partial charge in [0.05, 0.1) is 10.5 Å². The van der Waals surface area contributed by atoms with Crippen molar-refractivity contribution in [3.8, 4) is 0 Å². The van der Waals surface area contributed by atoms with Crippen molar-refractivity contribution < 1.29 is 27.1 Å². The van der Waals surface area contributed by atoms with Crippen LogP contribution in [-0.4, -0.2) is 45.3 Å². The van der Waals surface area contributed by atoms with Crippen molar-refractivity contribution in [3.05, 3.63) is 59.9 Å². The van der Waals surface area contributed by atoms with Gasteiger partial charge in [0.2, 0.25) is 10.0 Å². The number of rotatable bonds is 6. The van der Waals surface area contributed by atoms with Crippen molar-refractivity contribution >= 4 is 27.6 Å². The molecule has 0 aliphatic heterocycles. The molecule has 0 saturated heterocycles. The first-order chi connectivity index (χ1) is 12.2. The van der Waals surface area contributed by atoms with Gasteiger partial charge in [0.1, 0.15) is 5.82 Å². The molecule has 0 unspecified atom stereocenters. The zero-order valence-electron chi connectivity index (χ0n) is 14.1. The second-order valence-corrected chi connectivity index (χ2v) is 7.57. The molecule has 0 bridgehead atoms. The molecule has 2 rings (SSSR count). The first-order valence-corrected chi connectivity index (χ1v) is 8.90. The number of carbonyl (C=O) groups is 2. The van der Waals surface area contributed by atoms with Gasteiger partial charge >= 0.3 is 5.97 Å². The second kappa shape index (κ2) is 8.07. The third-order valence-electron chi connectivity index (χ3n) is 3.32. The molecule has 0 aromatic heterocycles. The number of amides is 1. The van der Waals surface area contributed by atoms with E-state index in [1.807, 2.05) is 0 Å². The van der Waals surface area contributed by atoms with Crippen molar-refractivity contribution in [3.63, 3.8) is 0 Å². The maximum atomic E-state index is 13.5. The molecule has 7 nitrogen and oxygen atoms in total. The Hall–Kier alpha value is -2.78. The number of nitrogens with zero attached hydrogens (tertiary/aromatic N) is 1. The molecule has 0 fully saturated rings. The van der Waals surface area contributed by atoms with Gasteiger partial charge in [-0.05, 0) is 30.3 Å². The summed E-state index contributed by atoms with van der Waals surface area (Å²) in [5.74, 6) is -2.41. The number of benzene rings is 2. The minimum Gasteiger partial charge on any atom is -0.452 e. The Morgan fingerprint density at radius 2 is 1.81 bits per heavy atom. The lowest BCUT2D eigenvalue weighted by molar-refractivity contribution is -0.119. The van der Waals surface area contributed by atoms with Gasteiger partial charge in [0.15, 0.2) is 6.61 Å². The maximum Gasteiger partial charge on any atom is 0.341 e. The summed E-state index contributed by atoms with van der Waals surface area (Å²) in [7, 11) is -0.863. The second-order valence-electron chi connectivity index (χ2n) is 5.42. The Morgan fingerprint density at radius 1 is 1.12 bits per heavy atom. The standard InChI is InChI=1S/C17H17FN2O5S/c1-20(2)26(23,24)13-7-5-6-12(10-13)19-16(21)11-25-17(22)14-8-3-4-9-15(14)18/h3-10H,11H2,1-2H3,(H,19,21). The number of carbonyl (C=O) groups excluding carboxylic acids is 2. The first-order valence-electron chi connectivity index (χ1n) is 7.46. The number of nitrogens with one attached hydrogen (secondary N) is 1. The minimum atomic E-state index is -3.65. The van der Waals surface area contributed by atoms with Crippen LogP contribution in [0.2, 0.25) is 0 Å². The SMILES string of the molecule is CN(C)S(=O)(=O)c1cccc(NC(=O)COC(=O)c2ccccc2F)c1. The fourth-order valence-corrected chi connectivity index (χ4v) is 2.93. The highest BCUT2D eigenvalue weighted by molar-refractivity contribution is 7.89. The lowest BCUT2D eigenvalue weighted by Crippen LogP contribution is -2.23. The number of halogens is 1. The number of ether oxygens (including phenoxy) is 1. The van der Waals surface area contributed by atoms with E-state index in [4.69, 9.17) is 4.74 Å². The molecule has 2 aromatic carbocycles. The summed E-state index contributed by atoms with van der Waals surface area (Å²) in [6, 6.07) is 10.9. The van der Waals surface area contributed by atoms with E-state index in [1.54, 1.807) is 0 Å². The van der Waals surface area contributed by atoms with E-state index in [9.17, 15) is 22.4 Å². The molecule has 1 N–H and O–H groups in total. The summed E-state index contributed by atoms with van der Waals surface area (Å²) >= 11 is 0. The number of esters is 1. The van der Waals surface area contributed by atoms with Gasteiger partial charge in [-0.25, -0.2) is 21.9 Å². The van der Waals surface area contributed by atoms with Crippen LogP contribution in [0.5, 0.6) is 0 Å². The summed E-state index contributed by atoms with van der Waals surface area (Å²) in [6.45, 7) is -0.641. The van der Waals surface area contributed by atoms with Crippen LogP contribution in [0.25, 0.3) is 0 Å². The Balaban J connectivity index is 2.00. The molecule has 0 aliphatic rings. The van der Waals surface area contributed by atoms with E-state index in [1.165, 1.54) is 56.6 Å². The predicted molar refractivity (Wildman–Crippen MR) is 92.6 cm³/mol. The van der Waals surface area contributed by atoms with Crippen molar-refractivity contribution in [2.75, 3.05) is 26.0 Å². The molecule has 0 radical (unpaired) electrons. The largest absolute Gasteiger partial charge is 0.452 e. The van der Waals surface area contributed by atoms with Gasteiger partial charge in [-0.15, -0.1) is 0 Å². The predicted octanol–water partition coefficient (Wildman–Crippen LogP) is 1.87. The molecule has 26 heavy (non-hydrogen) atoms. The van der Waals surface area contributed by atoms with Crippen LogP contribution in [-0.2, 0) is 19.6 Å². The third-order valence-corrected chi connectivity index (χ3v) is 5.14. The molecule has 0 saturated carbocycles. The molecular weight excluding hydrogens is 363 g/mol. The summed E-state index contributed by atoms with van der Waals surface area (Å²) in [4.78, 5) is 23.6. The zero-order chi connectivity index (χ0) is 19.3. The quantitative estimate of drug-likeness (QED) is 0.773. The lowest BCUT2D eigenvalue weighted by Gasteiger charge is -2.12. The Labute approximate surface area is 150 Å². The molecule has 1 amide bonds. The van der Waals surface area contributed by atoms with Gasteiger partial charge in [-0.1, -0.05) is 18.2 Å². The molecule has 0 aliphatic carbocycles. The Kier molecular flexibility index (Phi) is 6.06. The van der Waals surface area contributed by atoms with Crippen LogP contribution >= 0.6 is 0 Å². The smallest absolute Gasteiger partial charge is 0.341 e. The molecule has 0 atom stereocenters.